The summed E-state index contributed by atoms with van der Waals surface area (Å²) in [6, 6.07) is 0. The first-order valence-electron chi connectivity index (χ1n) is 4.77. The Morgan fingerprint density at radius 1 is 1.38 bits per heavy atom. The average Bonchev–Trinajstić information content (AvgIpc) is 2.09. The number of carbonyl (C=O) groups is 1. The molecule has 0 unspecified atom stereocenters. The molecular weight excluding hydrogens is 212 g/mol. The maximum absolute atomic E-state index is 11.6. The van der Waals surface area contributed by atoms with E-state index in [-0.39, 0.29) is 5.56 Å². The van der Waals surface area contributed by atoms with Crippen molar-refractivity contribution in [3.63, 3.8) is 0 Å². The van der Waals surface area contributed by atoms with Gasteiger partial charge in [0, 0.05) is 11.8 Å². The smallest absolute Gasteiger partial charge is 0.425 e. The van der Waals surface area contributed by atoms with Gasteiger partial charge in [-0.25, -0.2) is 9.59 Å². The summed E-state index contributed by atoms with van der Waals surface area (Å²) in [5.74, 6) is 0. The predicted octanol–water partition coefficient (Wildman–Crippen LogP) is 0.628. The van der Waals surface area contributed by atoms with Gasteiger partial charge in [-0.2, -0.15) is 4.57 Å². The van der Waals surface area contributed by atoms with Gasteiger partial charge in [0.15, 0.2) is 0 Å². The van der Waals surface area contributed by atoms with Gasteiger partial charge in [-0.15, -0.1) is 0 Å². The predicted molar refractivity (Wildman–Crippen MR) is 57.7 cm³/mol. The third kappa shape index (κ3) is 2.59. The van der Waals surface area contributed by atoms with Crippen LogP contribution >= 0.6 is 0 Å². The van der Waals surface area contributed by atoms with E-state index in [0.717, 1.165) is 0 Å². The Kier molecular flexibility index (Phi) is 3.02. The van der Waals surface area contributed by atoms with E-state index in [1.165, 1.54) is 13.1 Å². The molecule has 0 spiro atoms. The zero-order valence-corrected chi connectivity index (χ0v) is 9.66. The first-order valence-corrected chi connectivity index (χ1v) is 4.77. The number of nitrogens with one attached hydrogen (secondary N) is 1. The Balaban J connectivity index is 3.25. The zero-order chi connectivity index (χ0) is 12.5. The fourth-order valence-corrected chi connectivity index (χ4v) is 1.04. The van der Waals surface area contributed by atoms with Gasteiger partial charge in [-0.1, -0.05) is 0 Å². The van der Waals surface area contributed by atoms with Crippen molar-refractivity contribution in [3.8, 4) is 0 Å². The van der Waals surface area contributed by atoms with Crippen LogP contribution in [-0.2, 0) is 4.74 Å². The van der Waals surface area contributed by atoms with Gasteiger partial charge in [0.05, 0.1) is 0 Å². The lowest BCUT2D eigenvalue weighted by Gasteiger charge is -2.19. The van der Waals surface area contributed by atoms with Gasteiger partial charge in [0.1, 0.15) is 5.60 Å². The van der Waals surface area contributed by atoms with Crippen LogP contribution < -0.4 is 11.2 Å². The normalized spacial score (nSPS) is 11.2. The molecule has 16 heavy (non-hydrogen) atoms. The SMILES string of the molecule is Cc1c[nH]c(=O)n(C(=O)OC(C)(C)C)c1=O. The lowest BCUT2D eigenvalue weighted by Crippen LogP contribution is -2.43. The first-order chi connectivity index (χ1) is 7.22. The number of H-pyrrole nitrogens is 1. The van der Waals surface area contributed by atoms with Crippen molar-refractivity contribution in [1.82, 2.24) is 9.55 Å². The minimum atomic E-state index is -0.970. The van der Waals surface area contributed by atoms with Crippen molar-refractivity contribution in [2.45, 2.75) is 33.3 Å². The molecule has 1 heterocycles. The quantitative estimate of drug-likeness (QED) is 0.703. The molecule has 0 aliphatic rings. The molecule has 0 amide bonds. The first kappa shape index (κ1) is 12.2. The molecule has 0 fully saturated rings. The van der Waals surface area contributed by atoms with Gasteiger partial charge in [0.25, 0.3) is 5.56 Å². The summed E-state index contributed by atoms with van der Waals surface area (Å²) in [7, 11) is 0. The number of carbonyl (C=O) groups excluding carboxylic acids is 1. The summed E-state index contributed by atoms with van der Waals surface area (Å²) in [6.45, 7) is 6.46. The molecule has 1 rings (SSSR count). The third-order valence-electron chi connectivity index (χ3n) is 1.73. The van der Waals surface area contributed by atoms with E-state index < -0.39 is 22.9 Å². The topological polar surface area (TPSA) is 81.2 Å². The number of aromatic nitrogens is 2. The van der Waals surface area contributed by atoms with Crippen molar-refractivity contribution in [2.75, 3.05) is 0 Å². The second-order valence-electron chi connectivity index (χ2n) is 4.40. The van der Waals surface area contributed by atoms with Crippen LogP contribution in [0.5, 0.6) is 0 Å². The Morgan fingerprint density at radius 2 is 1.94 bits per heavy atom. The fraction of sp³-hybridized carbons (Fsp3) is 0.500. The highest BCUT2D eigenvalue weighted by Gasteiger charge is 2.21. The molecule has 0 saturated heterocycles. The Labute approximate surface area is 91.9 Å². The molecule has 1 aromatic rings. The van der Waals surface area contributed by atoms with Gasteiger partial charge in [-0.3, -0.25) is 4.79 Å². The van der Waals surface area contributed by atoms with Gasteiger partial charge < -0.3 is 9.72 Å². The average molecular weight is 226 g/mol. The fourth-order valence-electron chi connectivity index (χ4n) is 1.04. The molecule has 0 radical (unpaired) electrons. The molecule has 0 atom stereocenters. The summed E-state index contributed by atoms with van der Waals surface area (Å²) in [4.78, 5) is 36.7. The minimum absolute atomic E-state index is 0.269. The van der Waals surface area contributed by atoms with Crippen LogP contribution in [0.25, 0.3) is 0 Å². The van der Waals surface area contributed by atoms with Crippen molar-refractivity contribution < 1.29 is 9.53 Å². The van der Waals surface area contributed by atoms with E-state index in [1.54, 1.807) is 20.8 Å². The maximum atomic E-state index is 11.6. The Bertz CT molecular complexity index is 519. The number of rotatable bonds is 0. The molecule has 1 aromatic heterocycles. The monoisotopic (exact) mass is 226 g/mol. The lowest BCUT2D eigenvalue weighted by molar-refractivity contribution is 0.0522. The molecule has 1 N–H and O–H groups in total. The van der Waals surface area contributed by atoms with E-state index in [1.807, 2.05) is 0 Å². The second kappa shape index (κ2) is 3.96. The number of nitrogens with zero attached hydrogens (tertiary/aromatic N) is 1. The van der Waals surface area contributed by atoms with Gasteiger partial charge in [0.2, 0.25) is 0 Å². The maximum Gasteiger partial charge on any atom is 0.425 e. The molecule has 0 aromatic carbocycles. The standard InChI is InChI=1S/C10H14N2O4/c1-6-5-11-8(14)12(7(6)13)9(15)16-10(2,3)4/h5H,1-4H3,(H,11,14). The molecule has 0 aliphatic carbocycles. The summed E-state index contributed by atoms with van der Waals surface area (Å²) in [5, 5.41) is 0. The number of aromatic amines is 1. The summed E-state index contributed by atoms with van der Waals surface area (Å²) in [6.07, 6.45) is 0.286. The van der Waals surface area contributed by atoms with Crippen LogP contribution in [0.3, 0.4) is 0 Å². The number of aryl methyl sites for hydroxylation is 1. The Morgan fingerprint density at radius 3 is 2.44 bits per heavy atom. The van der Waals surface area contributed by atoms with Crippen LogP contribution in [0.1, 0.15) is 26.3 Å². The van der Waals surface area contributed by atoms with Crippen molar-refractivity contribution in [1.29, 1.82) is 0 Å². The summed E-state index contributed by atoms with van der Waals surface area (Å²) < 4.78 is 5.39. The summed E-state index contributed by atoms with van der Waals surface area (Å²) >= 11 is 0. The zero-order valence-electron chi connectivity index (χ0n) is 9.66. The van der Waals surface area contributed by atoms with Crippen molar-refractivity contribution in [2.24, 2.45) is 0 Å². The van der Waals surface area contributed by atoms with Gasteiger partial charge in [-0.05, 0) is 27.7 Å². The lowest BCUT2D eigenvalue weighted by atomic mass is 10.2. The molecular formula is C10H14N2O4. The van der Waals surface area contributed by atoms with Crippen LogP contribution in [0.4, 0.5) is 4.79 Å². The number of hydrogen-bond donors (Lipinski definition) is 1. The third-order valence-corrected chi connectivity index (χ3v) is 1.73. The van der Waals surface area contributed by atoms with E-state index in [4.69, 9.17) is 4.74 Å². The van der Waals surface area contributed by atoms with Crippen molar-refractivity contribution >= 4 is 6.09 Å². The van der Waals surface area contributed by atoms with Crippen LogP contribution in [0.15, 0.2) is 15.8 Å². The molecule has 0 saturated carbocycles. The number of hydrogen-bond acceptors (Lipinski definition) is 4. The molecule has 6 nitrogen and oxygen atoms in total. The highest BCUT2D eigenvalue weighted by atomic mass is 16.6. The number of ether oxygens (including phenoxy) is 1. The van der Waals surface area contributed by atoms with Crippen molar-refractivity contribution in [3.05, 3.63) is 32.6 Å². The molecule has 0 aliphatic heterocycles. The summed E-state index contributed by atoms with van der Waals surface area (Å²) in [5.41, 5.74) is -1.96. The van der Waals surface area contributed by atoms with E-state index in [0.29, 0.717) is 4.57 Å². The largest absolute Gasteiger partial charge is 0.443 e. The highest BCUT2D eigenvalue weighted by molar-refractivity contribution is 5.70. The minimum Gasteiger partial charge on any atom is -0.443 e. The molecule has 0 bridgehead atoms. The van der Waals surface area contributed by atoms with Gasteiger partial charge >= 0.3 is 11.8 Å². The molecule has 6 heteroatoms. The van der Waals surface area contributed by atoms with E-state index in [9.17, 15) is 14.4 Å². The van der Waals surface area contributed by atoms with E-state index in [2.05, 4.69) is 4.98 Å². The Hall–Kier alpha value is -1.85. The van der Waals surface area contributed by atoms with E-state index >= 15 is 0 Å². The molecule has 88 valence electrons. The highest BCUT2D eigenvalue weighted by Crippen LogP contribution is 2.07. The second-order valence-corrected chi connectivity index (χ2v) is 4.40. The van der Waals surface area contributed by atoms with Crippen LogP contribution in [-0.4, -0.2) is 21.2 Å². The van der Waals surface area contributed by atoms with Crippen LogP contribution in [0.2, 0.25) is 0 Å². The van der Waals surface area contributed by atoms with Crippen LogP contribution in [0, 0.1) is 6.92 Å².